The lowest BCUT2D eigenvalue weighted by Crippen LogP contribution is -2.30. The largest absolute Gasteiger partial charge is 0.455 e. The Morgan fingerprint density at radius 3 is 2.47 bits per heavy atom. The van der Waals surface area contributed by atoms with E-state index < -0.39 is 0 Å². The molecule has 0 saturated heterocycles. The number of aryl methyl sites for hydroxylation is 2. The van der Waals surface area contributed by atoms with Gasteiger partial charge in [-0.1, -0.05) is 53.8 Å². The summed E-state index contributed by atoms with van der Waals surface area (Å²) in [6.07, 6.45) is 0. The number of likely N-dealkylation sites (N-methyl/N-ethyl adjacent to an activating group) is 1. The zero-order valence-electron chi connectivity index (χ0n) is 17.2. The van der Waals surface area contributed by atoms with E-state index in [1.54, 1.807) is 11.3 Å². The van der Waals surface area contributed by atoms with Gasteiger partial charge in [-0.15, -0.1) is 0 Å². The smallest absolute Gasteiger partial charge is 0.244 e. The minimum absolute atomic E-state index is 0.130. The second-order valence-electron chi connectivity index (χ2n) is 7.19. The van der Waals surface area contributed by atoms with Crippen LogP contribution in [-0.2, 0) is 4.79 Å². The topological polar surface area (TPSA) is 54.5 Å². The van der Waals surface area contributed by atoms with E-state index in [0.717, 1.165) is 22.0 Å². The molecule has 0 aliphatic heterocycles. The van der Waals surface area contributed by atoms with Gasteiger partial charge in [-0.2, -0.15) is 0 Å². The normalized spacial score (nSPS) is 10.8. The van der Waals surface area contributed by atoms with Crippen molar-refractivity contribution in [1.82, 2.24) is 4.98 Å². The van der Waals surface area contributed by atoms with Crippen LogP contribution in [0.5, 0.6) is 11.5 Å². The molecule has 0 saturated carbocycles. The van der Waals surface area contributed by atoms with Gasteiger partial charge in [0.1, 0.15) is 5.75 Å². The van der Waals surface area contributed by atoms with Crippen LogP contribution in [0.3, 0.4) is 0 Å². The quantitative estimate of drug-likeness (QED) is 0.432. The molecule has 0 fully saturated rings. The van der Waals surface area contributed by atoms with E-state index in [2.05, 4.69) is 31.3 Å². The van der Waals surface area contributed by atoms with Gasteiger partial charge >= 0.3 is 0 Å². The molecule has 152 valence electrons. The molecule has 3 aromatic carbocycles. The molecule has 1 amide bonds. The number of carbonyl (C=O) groups excluding carboxylic acids is 1. The number of para-hydroxylation sites is 3. The van der Waals surface area contributed by atoms with Crippen molar-refractivity contribution in [2.45, 2.75) is 13.8 Å². The summed E-state index contributed by atoms with van der Waals surface area (Å²) >= 11 is 1.61. The van der Waals surface area contributed by atoms with Crippen LogP contribution in [0, 0.1) is 13.8 Å². The second kappa shape index (κ2) is 8.55. The summed E-state index contributed by atoms with van der Waals surface area (Å²) in [5.41, 5.74) is 3.98. The molecule has 0 bridgehead atoms. The van der Waals surface area contributed by atoms with E-state index in [9.17, 15) is 4.79 Å². The van der Waals surface area contributed by atoms with Gasteiger partial charge in [0.15, 0.2) is 10.9 Å². The van der Waals surface area contributed by atoms with Crippen LogP contribution in [0.2, 0.25) is 0 Å². The van der Waals surface area contributed by atoms with E-state index in [0.29, 0.717) is 11.4 Å². The van der Waals surface area contributed by atoms with Crippen LogP contribution >= 0.6 is 11.3 Å². The van der Waals surface area contributed by atoms with Gasteiger partial charge in [0.25, 0.3) is 0 Å². The van der Waals surface area contributed by atoms with Gasteiger partial charge in [0.2, 0.25) is 5.91 Å². The molecular weight excluding hydrogens is 394 g/mol. The number of hydrogen-bond donors (Lipinski definition) is 1. The summed E-state index contributed by atoms with van der Waals surface area (Å²) in [4.78, 5) is 19.3. The van der Waals surface area contributed by atoms with Crippen LogP contribution in [0.1, 0.15) is 11.1 Å². The van der Waals surface area contributed by atoms with Gasteiger partial charge in [0, 0.05) is 7.05 Å². The summed E-state index contributed by atoms with van der Waals surface area (Å²) in [6, 6.07) is 21.1. The molecule has 0 aliphatic rings. The summed E-state index contributed by atoms with van der Waals surface area (Å²) in [5.74, 6) is 1.19. The Bertz CT molecular complexity index is 1150. The molecule has 0 spiro atoms. The number of fused-ring (bicyclic) bond motifs is 1. The zero-order valence-corrected chi connectivity index (χ0v) is 18.0. The van der Waals surface area contributed by atoms with Crippen molar-refractivity contribution in [3.8, 4) is 11.5 Å². The first-order chi connectivity index (χ1) is 14.5. The fourth-order valence-corrected chi connectivity index (χ4v) is 4.23. The molecule has 5 nitrogen and oxygen atoms in total. The first kappa shape index (κ1) is 19.9. The fourth-order valence-electron chi connectivity index (χ4n) is 3.16. The van der Waals surface area contributed by atoms with Crippen LogP contribution < -0.4 is 15.0 Å². The Kier molecular flexibility index (Phi) is 5.68. The standard InChI is InChI=1S/C24H23N3O2S/c1-16-13-14-17(2)23-22(16)26-24(30-23)27(3)15-21(28)25-19-11-7-8-12-20(19)29-18-9-5-4-6-10-18/h4-14H,15H2,1-3H3,(H,25,28). The Balaban J connectivity index is 1.48. The van der Waals surface area contributed by atoms with Crippen molar-refractivity contribution in [3.05, 3.63) is 77.9 Å². The molecule has 1 aromatic heterocycles. The van der Waals surface area contributed by atoms with Crippen molar-refractivity contribution in [2.24, 2.45) is 0 Å². The molecule has 1 heterocycles. The molecule has 0 unspecified atom stereocenters. The molecule has 30 heavy (non-hydrogen) atoms. The number of amides is 1. The number of anilines is 2. The van der Waals surface area contributed by atoms with Crippen molar-refractivity contribution >= 4 is 38.3 Å². The third-order valence-corrected chi connectivity index (χ3v) is 6.08. The third kappa shape index (κ3) is 4.28. The van der Waals surface area contributed by atoms with Gasteiger partial charge in [-0.3, -0.25) is 4.79 Å². The van der Waals surface area contributed by atoms with Crippen LogP contribution in [-0.4, -0.2) is 24.5 Å². The lowest BCUT2D eigenvalue weighted by Gasteiger charge is -2.16. The second-order valence-corrected chi connectivity index (χ2v) is 8.17. The van der Waals surface area contributed by atoms with Crippen LogP contribution in [0.25, 0.3) is 10.2 Å². The van der Waals surface area contributed by atoms with Crippen molar-refractivity contribution in [3.63, 3.8) is 0 Å². The Morgan fingerprint density at radius 1 is 1.00 bits per heavy atom. The van der Waals surface area contributed by atoms with E-state index in [-0.39, 0.29) is 12.5 Å². The Hall–Kier alpha value is -3.38. The number of carbonyl (C=O) groups is 1. The van der Waals surface area contributed by atoms with Crippen molar-refractivity contribution < 1.29 is 9.53 Å². The first-order valence-corrected chi connectivity index (χ1v) is 10.5. The summed E-state index contributed by atoms with van der Waals surface area (Å²) in [6.45, 7) is 4.33. The number of hydrogen-bond acceptors (Lipinski definition) is 5. The highest BCUT2D eigenvalue weighted by Gasteiger charge is 2.15. The Labute approximate surface area is 179 Å². The van der Waals surface area contributed by atoms with E-state index in [1.807, 2.05) is 66.5 Å². The van der Waals surface area contributed by atoms with E-state index >= 15 is 0 Å². The molecule has 4 aromatic rings. The number of nitrogens with zero attached hydrogens (tertiary/aromatic N) is 2. The highest BCUT2D eigenvalue weighted by atomic mass is 32.1. The minimum atomic E-state index is -0.130. The number of aromatic nitrogens is 1. The first-order valence-electron chi connectivity index (χ1n) is 9.71. The number of ether oxygens (including phenoxy) is 1. The van der Waals surface area contributed by atoms with Crippen molar-refractivity contribution in [2.75, 3.05) is 23.8 Å². The lowest BCUT2D eigenvalue weighted by molar-refractivity contribution is -0.114. The zero-order chi connectivity index (χ0) is 21.1. The Morgan fingerprint density at radius 2 is 1.70 bits per heavy atom. The van der Waals surface area contributed by atoms with Gasteiger partial charge < -0.3 is 15.0 Å². The summed E-state index contributed by atoms with van der Waals surface area (Å²) in [5, 5.41) is 3.78. The maximum absolute atomic E-state index is 12.7. The van der Waals surface area contributed by atoms with Gasteiger partial charge in [-0.05, 0) is 49.2 Å². The molecular formula is C24H23N3O2S. The third-order valence-electron chi connectivity index (χ3n) is 4.77. The average Bonchev–Trinajstić information content (AvgIpc) is 3.20. The maximum atomic E-state index is 12.7. The molecule has 0 aliphatic carbocycles. The van der Waals surface area contributed by atoms with E-state index in [4.69, 9.17) is 9.72 Å². The number of thiazole rings is 1. The minimum Gasteiger partial charge on any atom is -0.455 e. The SMILES string of the molecule is Cc1ccc(C)c2sc(N(C)CC(=O)Nc3ccccc3Oc3ccccc3)nc12. The number of benzene rings is 3. The van der Waals surface area contributed by atoms with Crippen LogP contribution in [0.4, 0.5) is 10.8 Å². The fraction of sp³-hybridized carbons (Fsp3) is 0.167. The van der Waals surface area contributed by atoms with E-state index in [1.165, 1.54) is 10.3 Å². The van der Waals surface area contributed by atoms with Crippen LogP contribution in [0.15, 0.2) is 66.7 Å². The number of rotatable bonds is 6. The number of nitrogens with one attached hydrogen (secondary N) is 1. The van der Waals surface area contributed by atoms with Gasteiger partial charge in [0.05, 0.1) is 22.4 Å². The van der Waals surface area contributed by atoms with Gasteiger partial charge in [-0.25, -0.2) is 4.98 Å². The monoisotopic (exact) mass is 417 g/mol. The highest BCUT2D eigenvalue weighted by molar-refractivity contribution is 7.22. The van der Waals surface area contributed by atoms with Crippen molar-refractivity contribution in [1.29, 1.82) is 0 Å². The highest BCUT2D eigenvalue weighted by Crippen LogP contribution is 2.33. The lowest BCUT2D eigenvalue weighted by atomic mass is 10.1. The average molecular weight is 418 g/mol. The molecule has 0 radical (unpaired) electrons. The molecule has 1 N–H and O–H groups in total. The summed E-state index contributed by atoms with van der Waals surface area (Å²) < 4.78 is 7.09. The molecule has 4 rings (SSSR count). The summed E-state index contributed by atoms with van der Waals surface area (Å²) in [7, 11) is 1.88. The predicted molar refractivity (Wildman–Crippen MR) is 124 cm³/mol. The molecule has 6 heteroatoms. The molecule has 0 atom stereocenters. The maximum Gasteiger partial charge on any atom is 0.244 e. The predicted octanol–water partition coefficient (Wildman–Crippen LogP) is 5.78.